The van der Waals surface area contributed by atoms with E-state index in [2.05, 4.69) is 0 Å². The minimum absolute atomic E-state index is 0.412. The molecular weight excluding hydrogens is 162 g/mol. The lowest BCUT2D eigenvalue weighted by molar-refractivity contribution is -0.135. The van der Waals surface area contributed by atoms with Crippen molar-refractivity contribution in [2.75, 3.05) is 0 Å². The van der Waals surface area contributed by atoms with E-state index in [0.29, 0.717) is 0 Å². The average molecular weight is 171 g/mol. The molecule has 5 nitrogen and oxygen atoms in total. The molecule has 0 amide bonds. The first-order valence-corrected chi connectivity index (χ1v) is 3.09. The number of aliphatic carboxylic acids is 2. The first-order valence-electron chi connectivity index (χ1n) is 3.09. The molecule has 0 aliphatic carbocycles. The van der Waals surface area contributed by atoms with E-state index in [4.69, 9.17) is 15.9 Å². The predicted molar refractivity (Wildman–Crippen MR) is 41.3 cm³/mol. The normalized spacial score (nSPS) is 12.8. The average Bonchev–Trinajstić information content (AvgIpc) is 1.98. The summed E-state index contributed by atoms with van der Waals surface area (Å²) in [5.74, 6) is -2.79. The van der Waals surface area contributed by atoms with Crippen molar-refractivity contribution in [3.05, 3.63) is 23.4 Å². The Bertz CT molecular complexity index is 265. The van der Waals surface area contributed by atoms with Crippen molar-refractivity contribution in [3.8, 4) is 0 Å². The number of allylic oxidation sites excluding steroid dienone is 1. The van der Waals surface area contributed by atoms with Crippen LogP contribution in [-0.2, 0) is 9.59 Å². The molecule has 0 aliphatic rings. The Morgan fingerprint density at radius 3 is 2.00 bits per heavy atom. The van der Waals surface area contributed by atoms with Gasteiger partial charge in [-0.3, -0.25) is 0 Å². The standard InChI is InChI=1S/C7H9NO4/c1-2-3-4(6(9)10)5(8)7(11)12/h2-3H,8H2,1H3,(H,9,10)(H,11,12). The fraction of sp³-hybridized carbons (Fsp3) is 0.143. The van der Waals surface area contributed by atoms with Crippen LogP contribution in [0.3, 0.4) is 0 Å². The Labute approximate surface area is 68.8 Å². The largest absolute Gasteiger partial charge is 0.478 e. The monoisotopic (exact) mass is 171 g/mol. The molecule has 0 spiro atoms. The van der Waals surface area contributed by atoms with E-state index < -0.39 is 23.2 Å². The summed E-state index contributed by atoms with van der Waals surface area (Å²) in [5.41, 5.74) is 3.92. The van der Waals surface area contributed by atoms with Gasteiger partial charge in [-0.1, -0.05) is 6.08 Å². The molecule has 5 heteroatoms. The van der Waals surface area contributed by atoms with E-state index in [1.165, 1.54) is 6.08 Å². The van der Waals surface area contributed by atoms with Crippen LogP contribution in [0, 0.1) is 0 Å². The highest BCUT2D eigenvalue weighted by molar-refractivity contribution is 6.00. The van der Waals surface area contributed by atoms with E-state index in [0.717, 1.165) is 6.08 Å². The highest BCUT2D eigenvalue weighted by Gasteiger charge is 2.13. The van der Waals surface area contributed by atoms with Gasteiger partial charge in [0.15, 0.2) is 0 Å². The molecular formula is C7H9NO4. The first-order chi connectivity index (χ1) is 5.50. The lowest BCUT2D eigenvalue weighted by atomic mass is 10.2. The summed E-state index contributed by atoms with van der Waals surface area (Å²) in [6.45, 7) is 1.57. The molecule has 0 radical (unpaired) electrons. The van der Waals surface area contributed by atoms with Gasteiger partial charge in [-0.05, 0) is 13.0 Å². The molecule has 0 aromatic carbocycles. The van der Waals surface area contributed by atoms with Gasteiger partial charge in [0, 0.05) is 0 Å². The van der Waals surface area contributed by atoms with E-state index in [1.54, 1.807) is 6.92 Å². The van der Waals surface area contributed by atoms with Crippen molar-refractivity contribution in [1.82, 2.24) is 0 Å². The number of hydrogen-bond donors (Lipinski definition) is 3. The van der Waals surface area contributed by atoms with Gasteiger partial charge in [0.1, 0.15) is 5.70 Å². The topological polar surface area (TPSA) is 101 Å². The molecule has 4 N–H and O–H groups in total. The van der Waals surface area contributed by atoms with E-state index >= 15 is 0 Å². The number of carboxylic acids is 2. The summed E-state index contributed by atoms with van der Waals surface area (Å²) in [7, 11) is 0. The summed E-state index contributed by atoms with van der Waals surface area (Å²) in [4.78, 5) is 20.6. The van der Waals surface area contributed by atoms with Gasteiger partial charge in [-0.2, -0.15) is 0 Å². The molecule has 0 aliphatic heterocycles. The second kappa shape index (κ2) is 4.17. The van der Waals surface area contributed by atoms with Crippen LogP contribution in [0.25, 0.3) is 0 Å². The van der Waals surface area contributed by atoms with Crippen molar-refractivity contribution in [2.45, 2.75) is 6.92 Å². The lowest BCUT2D eigenvalue weighted by Crippen LogP contribution is -2.16. The van der Waals surface area contributed by atoms with Crippen LogP contribution in [0.2, 0.25) is 0 Å². The summed E-state index contributed by atoms with van der Waals surface area (Å²) in [6.07, 6.45) is 2.53. The van der Waals surface area contributed by atoms with Gasteiger partial charge in [-0.25, -0.2) is 9.59 Å². The fourth-order valence-electron chi connectivity index (χ4n) is 0.558. The molecule has 0 aromatic heterocycles. The molecule has 12 heavy (non-hydrogen) atoms. The molecule has 0 atom stereocenters. The SMILES string of the molecule is CC=CC(C(=O)O)=C(N)C(=O)O. The van der Waals surface area contributed by atoms with Crippen LogP contribution in [0.1, 0.15) is 6.92 Å². The van der Waals surface area contributed by atoms with Crippen molar-refractivity contribution < 1.29 is 19.8 Å². The third-order valence-corrected chi connectivity index (χ3v) is 1.08. The van der Waals surface area contributed by atoms with Crippen LogP contribution >= 0.6 is 0 Å². The molecule has 0 heterocycles. The maximum absolute atomic E-state index is 10.4. The Hall–Kier alpha value is -1.78. The van der Waals surface area contributed by atoms with Gasteiger partial charge in [0.25, 0.3) is 0 Å². The molecule has 0 saturated heterocycles. The number of carboxylic acid groups (broad SMARTS) is 2. The first kappa shape index (κ1) is 10.2. The van der Waals surface area contributed by atoms with Gasteiger partial charge in [0.05, 0.1) is 5.57 Å². The quantitative estimate of drug-likeness (QED) is 0.408. The third-order valence-electron chi connectivity index (χ3n) is 1.08. The Morgan fingerprint density at radius 2 is 1.75 bits per heavy atom. The Balaban J connectivity index is 5.07. The Morgan fingerprint density at radius 1 is 1.25 bits per heavy atom. The summed E-state index contributed by atoms with van der Waals surface area (Å²) in [5, 5.41) is 16.8. The third kappa shape index (κ3) is 2.45. The maximum Gasteiger partial charge on any atom is 0.352 e. The minimum atomic E-state index is -1.44. The van der Waals surface area contributed by atoms with Crippen molar-refractivity contribution in [3.63, 3.8) is 0 Å². The minimum Gasteiger partial charge on any atom is -0.478 e. The highest BCUT2D eigenvalue weighted by atomic mass is 16.4. The zero-order valence-corrected chi connectivity index (χ0v) is 6.44. The van der Waals surface area contributed by atoms with E-state index in [9.17, 15) is 9.59 Å². The van der Waals surface area contributed by atoms with Gasteiger partial charge >= 0.3 is 11.9 Å². The molecule has 0 rings (SSSR count). The zero-order valence-electron chi connectivity index (χ0n) is 6.44. The van der Waals surface area contributed by atoms with Crippen LogP contribution in [0.4, 0.5) is 0 Å². The van der Waals surface area contributed by atoms with Gasteiger partial charge in [0.2, 0.25) is 0 Å². The van der Waals surface area contributed by atoms with E-state index in [1.807, 2.05) is 0 Å². The second-order valence-corrected chi connectivity index (χ2v) is 1.94. The molecule has 0 fully saturated rings. The van der Waals surface area contributed by atoms with Crippen LogP contribution < -0.4 is 5.73 Å². The highest BCUT2D eigenvalue weighted by Crippen LogP contribution is 2.01. The maximum atomic E-state index is 10.4. The fourth-order valence-corrected chi connectivity index (χ4v) is 0.558. The molecule has 0 aromatic rings. The van der Waals surface area contributed by atoms with Gasteiger partial charge in [-0.15, -0.1) is 0 Å². The number of hydrogen-bond acceptors (Lipinski definition) is 3. The van der Waals surface area contributed by atoms with Crippen LogP contribution in [-0.4, -0.2) is 22.2 Å². The molecule has 66 valence electrons. The van der Waals surface area contributed by atoms with Crippen molar-refractivity contribution >= 4 is 11.9 Å². The smallest absolute Gasteiger partial charge is 0.352 e. The van der Waals surface area contributed by atoms with Crippen molar-refractivity contribution in [2.24, 2.45) is 5.73 Å². The van der Waals surface area contributed by atoms with Crippen molar-refractivity contribution in [1.29, 1.82) is 0 Å². The Kier molecular flexibility index (Phi) is 3.55. The number of rotatable bonds is 3. The number of nitrogens with two attached hydrogens (primary N) is 1. The predicted octanol–water partition coefficient (Wildman–Crippen LogP) is -0.0555. The second-order valence-electron chi connectivity index (χ2n) is 1.94. The van der Waals surface area contributed by atoms with Gasteiger partial charge < -0.3 is 15.9 Å². The summed E-state index contributed by atoms with van der Waals surface area (Å²) >= 11 is 0. The zero-order chi connectivity index (χ0) is 9.72. The summed E-state index contributed by atoms with van der Waals surface area (Å²) in [6, 6.07) is 0. The molecule has 0 unspecified atom stereocenters. The lowest BCUT2D eigenvalue weighted by Gasteiger charge is -1.97. The van der Waals surface area contributed by atoms with Crippen LogP contribution in [0.15, 0.2) is 23.4 Å². The molecule has 0 saturated carbocycles. The molecule has 0 bridgehead atoms. The van der Waals surface area contributed by atoms with E-state index in [-0.39, 0.29) is 0 Å². The summed E-state index contributed by atoms with van der Waals surface area (Å²) < 4.78 is 0. The number of carbonyl (C=O) groups is 2. The van der Waals surface area contributed by atoms with Crippen LogP contribution in [0.5, 0.6) is 0 Å².